The molecular formula is C13H28N2O. The highest BCUT2D eigenvalue weighted by Crippen LogP contribution is 2.03. The number of hydrogen-bond acceptors (Lipinski definition) is 3. The first kappa shape index (κ1) is 15.6. The van der Waals surface area contributed by atoms with Crippen LogP contribution in [-0.4, -0.2) is 44.8 Å². The molecule has 16 heavy (non-hydrogen) atoms. The highest BCUT2D eigenvalue weighted by atomic mass is 16.5. The molecule has 0 radical (unpaired) electrons. The molecule has 0 fully saturated rings. The number of methoxy groups -OCH3 is 1. The number of unbranched alkanes of at least 4 members (excludes halogenated alkanes) is 4. The minimum Gasteiger partial charge on any atom is -0.383 e. The topological polar surface area (TPSA) is 38.5 Å². The van der Waals surface area contributed by atoms with Crippen molar-refractivity contribution in [3.05, 3.63) is 12.7 Å². The van der Waals surface area contributed by atoms with Gasteiger partial charge in [0, 0.05) is 20.2 Å². The molecule has 0 unspecified atom stereocenters. The number of ether oxygens (including phenoxy) is 1. The molecule has 0 atom stereocenters. The molecule has 0 aliphatic carbocycles. The predicted molar refractivity (Wildman–Crippen MR) is 70.7 cm³/mol. The zero-order chi connectivity index (χ0) is 12.1. The van der Waals surface area contributed by atoms with Gasteiger partial charge in [-0.2, -0.15) is 0 Å². The van der Waals surface area contributed by atoms with Crippen molar-refractivity contribution in [2.24, 2.45) is 5.73 Å². The van der Waals surface area contributed by atoms with E-state index in [1.54, 1.807) is 7.11 Å². The molecule has 0 saturated heterocycles. The van der Waals surface area contributed by atoms with Gasteiger partial charge in [0.05, 0.1) is 6.61 Å². The van der Waals surface area contributed by atoms with Gasteiger partial charge in [0.15, 0.2) is 0 Å². The van der Waals surface area contributed by atoms with Crippen molar-refractivity contribution in [1.29, 1.82) is 0 Å². The summed E-state index contributed by atoms with van der Waals surface area (Å²) in [4.78, 5) is 2.39. The summed E-state index contributed by atoms with van der Waals surface area (Å²) in [6, 6.07) is 0. The van der Waals surface area contributed by atoms with E-state index in [4.69, 9.17) is 10.5 Å². The van der Waals surface area contributed by atoms with Crippen molar-refractivity contribution >= 4 is 0 Å². The van der Waals surface area contributed by atoms with E-state index in [-0.39, 0.29) is 0 Å². The summed E-state index contributed by atoms with van der Waals surface area (Å²) in [5, 5.41) is 0. The minimum atomic E-state index is 0.807. The van der Waals surface area contributed by atoms with Gasteiger partial charge < -0.3 is 10.5 Å². The largest absolute Gasteiger partial charge is 0.383 e. The number of rotatable bonds is 12. The van der Waals surface area contributed by atoms with E-state index >= 15 is 0 Å². The minimum absolute atomic E-state index is 0.807. The van der Waals surface area contributed by atoms with E-state index in [0.29, 0.717) is 0 Å². The molecule has 0 amide bonds. The highest BCUT2D eigenvalue weighted by Gasteiger charge is 2.01. The maximum absolute atomic E-state index is 5.45. The summed E-state index contributed by atoms with van der Waals surface area (Å²) in [6.45, 7) is 8.54. The van der Waals surface area contributed by atoms with Crippen LogP contribution in [-0.2, 0) is 4.74 Å². The van der Waals surface area contributed by atoms with Gasteiger partial charge in [-0.3, -0.25) is 4.90 Å². The molecule has 0 rings (SSSR count). The fourth-order valence-corrected chi connectivity index (χ4v) is 1.71. The van der Waals surface area contributed by atoms with E-state index < -0.39 is 0 Å². The van der Waals surface area contributed by atoms with Gasteiger partial charge in [0.25, 0.3) is 0 Å². The Balaban J connectivity index is 3.39. The van der Waals surface area contributed by atoms with Crippen molar-refractivity contribution in [3.8, 4) is 0 Å². The lowest BCUT2D eigenvalue weighted by molar-refractivity contribution is 0.153. The fraction of sp³-hybridized carbons (Fsp3) is 0.846. The van der Waals surface area contributed by atoms with Gasteiger partial charge in [0.2, 0.25) is 0 Å². The van der Waals surface area contributed by atoms with Crippen LogP contribution in [0.1, 0.15) is 32.1 Å². The molecule has 0 heterocycles. The Morgan fingerprint density at radius 2 is 1.81 bits per heavy atom. The van der Waals surface area contributed by atoms with Gasteiger partial charge in [-0.1, -0.05) is 25.3 Å². The van der Waals surface area contributed by atoms with E-state index in [0.717, 1.165) is 32.8 Å². The van der Waals surface area contributed by atoms with Crippen molar-refractivity contribution in [2.45, 2.75) is 32.1 Å². The van der Waals surface area contributed by atoms with Crippen molar-refractivity contribution in [3.63, 3.8) is 0 Å². The number of hydrogen-bond donors (Lipinski definition) is 1. The SMILES string of the molecule is C=CCN(CCCCCCCN)CCOC. The monoisotopic (exact) mass is 228 g/mol. The normalized spacial score (nSPS) is 10.9. The van der Waals surface area contributed by atoms with Crippen molar-refractivity contribution in [2.75, 3.05) is 39.9 Å². The standard InChI is InChI=1S/C13H28N2O/c1-3-10-15(12-13-16-2)11-8-6-4-5-7-9-14/h3H,1,4-14H2,2H3. The van der Waals surface area contributed by atoms with Crippen LogP contribution in [0.25, 0.3) is 0 Å². The molecular weight excluding hydrogens is 200 g/mol. The maximum Gasteiger partial charge on any atom is 0.0589 e. The molecule has 96 valence electrons. The Hall–Kier alpha value is -0.380. The Morgan fingerprint density at radius 1 is 1.12 bits per heavy atom. The van der Waals surface area contributed by atoms with E-state index in [9.17, 15) is 0 Å². The van der Waals surface area contributed by atoms with Crippen LogP contribution < -0.4 is 5.73 Å². The van der Waals surface area contributed by atoms with E-state index in [1.165, 1.54) is 32.1 Å². The highest BCUT2D eigenvalue weighted by molar-refractivity contribution is 4.73. The molecule has 3 heteroatoms. The predicted octanol–water partition coefficient (Wildman–Crippen LogP) is 2.03. The molecule has 0 aliphatic heterocycles. The van der Waals surface area contributed by atoms with Crippen LogP contribution in [0, 0.1) is 0 Å². The molecule has 0 saturated carbocycles. The summed E-state index contributed by atoms with van der Waals surface area (Å²) < 4.78 is 5.09. The van der Waals surface area contributed by atoms with Gasteiger partial charge in [-0.05, 0) is 25.9 Å². The Morgan fingerprint density at radius 3 is 2.44 bits per heavy atom. The zero-order valence-electron chi connectivity index (χ0n) is 10.8. The molecule has 0 aromatic rings. The summed E-state index contributed by atoms with van der Waals surface area (Å²) >= 11 is 0. The van der Waals surface area contributed by atoms with Crippen molar-refractivity contribution in [1.82, 2.24) is 4.90 Å². The number of nitrogens with two attached hydrogens (primary N) is 1. The Kier molecular flexibility index (Phi) is 12.4. The molecule has 3 nitrogen and oxygen atoms in total. The quantitative estimate of drug-likeness (QED) is 0.410. The van der Waals surface area contributed by atoms with Crippen LogP contribution in [0.4, 0.5) is 0 Å². The third kappa shape index (κ3) is 10.1. The van der Waals surface area contributed by atoms with Gasteiger partial charge in [-0.15, -0.1) is 6.58 Å². The molecule has 0 bridgehead atoms. The summed E-state index contributed by atoms with van der Waals surface area (Å²) in [5.41, 5.74) is 5.45. The molecule has 0 aliphatic rings. The third-order valence-corrected chi connectivity index (χ3v) is 2.68. The van der Waals surface area contributed by atoms with Gasteiger partial charge >= 0.3 is 0 Å². The second kappa shape index (κ2) is 12.7. The lowest BCUT2D eigenvalue weighted by Gasteiger charge is -2.19. The first-order valence-electron chi connectivity index (χ1n) is 6.37. The van der Waals surface area contributed by atoms with Crippen LogP contribution in [0.15, 0.2) is 12.7 Å². The Bertz CT molecular complexity index is 151. The zero-order valence-corrected chi connectivity index (χ0v) is 10.8. The Labute approximate surface area is 101 Å². The molecule has 0 spiro atoms. The lowest BCUT2D eigenvalue weighted by Crippen LogP contribution is -2.28. The second-order valence-electron chi connectivity index (χ2n) is 4.14. The lowest BCUT2D eigenvalue weighted by atomic mass is 10.1. The van der Waals surface area contributed by atoms with E-state index in [1.807, 2.05) is 6.08 Å². The molecule has 0 aromatic heterocycles. The average Bonchev–Trinajstić information content (AvgIpc) is 2.30. The average molecular weight is 228 g/mol. The molecule has 2 N–H and O–H groups in total. The van der Waals surface area contributed by atoms with Crippen molar-refractivity contribution < 1.29 is 4.74 Å². The summed E-state index contributed by atoms with van der Waals surface area (Å²) in [7, 11) is 1.75. The van der Waals surface area contributed by atoms with Crippen LogP contribution >= 0.6 is 0 Å². The molecule has 0 aromatic carbocycles. The first-order valence-corrected chi connectivity index (χ1v) is 6.37. The van der Waals surface area contributed by atoms with Gasteiger partial charge in [0.1, 0.15) is 0 Å². The van der Waals surface area contributed by atoms with Crippen LogP contribution in [0.3, 0.4) is 0 Å². The fourth-order valence-electron chi connectivity index (χ4n) is 1.71. The van der Waals surface area contributed by atoms with E-state index in [2.05, 4.69) is 11.5 Å². The summed E-state index contributed by atoms with van der Waals surface area (Å²) in [5.74, 6) is 0. The summed E-state index contributed by atoms with van der Waals surface area (Å²) in [6.07, 6.45) is 8.28. The van der Waals surface area contributed by atoms with Crippen LogP contribution in [0.5, 0.6) is 0 Å². The first-order chi connectivity index (χ1) is 7.85. The third-order valence-electron chi connectivity index (χ3n) is 2.68. The van der Waals surface area contributed by atoms with Gasteiger partial charge in [-0.25, -0.2) is 0 Å². The number of nitrogens with zero attached hydrogens (tertiary/aromatic N) is 1. The van der Waals surface area contributed by atoms with Crippen LogP contribution in [0.2, 0.25) is 0 Å². The second-order valence-corrected chi connectivity index (χ2v) is 4.14. The maximum atomic E-state index is 5.45. The smallest absolute Gasteiger partial charge is 0.0589 e.